The number of phenols is 1. The Labute approximate surface area is 175 Å². The average molecular weight is 407 g/mol. The Morgan fingerprint density at radius 2 is 1.77 bits per heavy atom. The van der Waals surface area contributed by atoms with E-state index < -0.39 is 5.97 Å². The molecule has 1 heterocycles. The highest BCUT2D eigenvalue weighted by Crippen LogP contribution is 2.30. The molecule has 0 unspecified atom stereocenters. The molecular weight excluding hydrogens is 382 g/mol. The van der Waals surface area contributed by atoms with Gasteiger partial charge in [0.15, 0.2) is 11.6 Å². The van der Waals surface area contributed by atoms with E-state index in [1.165, 1.54) is 12.1 Å². The predicted octanol–water partition coefficient (Wildman–Crippen LogP) is 5.23. The third-order valence-corrected chi connectivity index (χ3v) is 4.12. The Morgan fingerprint density at radius 3 is 2.30 bits per heavy atom. The zero-order valence-corrected chi connectivity index (χ0v) is 17.1. The fourth-order valence-corrected chi connectivity index (χ4v) is 2.64. The van der Waals surface area contributed by atoms with Crippen molar-refractivity contribution in [1.82, 2.24) is 14.8 Å². The van der Waals surface area contributed by atoms with Crippen molar-refractivity contribution < 1.29 is 20.1 Å². The van der Waals surface area contributed by atoms with Crippen LogP contribution < -0.4 is 0 Å². The molecule has 3 aromatic rings. The first-order chi connectivity index (χ1) is 14.4. The molecule has 0 spiro atoms. The molecular formula is C23H25N3O4. The molecule has 30 heavy (non-hydrogen) atoms. The normalized spacial score (nSPS) is 11.2. The minimum atomic E-state index is -0.988. The van der Waals surface area contributed by atoms with Crippen LogP contribution in [-0.4, -0.2) is 36.1 Å². The molecule has 0 aliphatic rings. The molecule has 7 heteroatoms. The van der Waals surface area contributed by atoms with E-state index >= 15 is 0 Å². The fraction of sp³-hybridized carbons (Fsp3) is 0.174. The Morgan fingerprint density at radius 1 is 1.13 bits per heavy atom. The summed E-state index contributed by atoms with van der Waals surface area (Å²) < 4.78 is 1.61. The van der Waals surface area contributed by atoms with Gasteiger partial charge in [0, 0.05) is 0 Å². The standard InChI is InChI=1S/C20H19N3O3.C3H6O/c1-3-6-13(2)18-21-19(16-7-4-5-8-17(16)24)23(22-18)15-11-9-14(10-12-15)20(25)26;1-2-3-4/h4-12,24H,3H2,1-2H3,(H,25,26);2-4H,1H3/b13-6+;3-2+. The molecule has 2 aromatic carbocycles. The zero-order valence-electron chi connectivity index (χ0n) is 17.1. The summed E-state index contributed by atoms with van der Waals surface area (Å²) in [6.45, 7) is 5.72. The van der Waals surface area contributed by atoms with Gasteiger partial charge in [-0.2, -0.15) is 0 Å². The van der Waals surface area contributed by atoms with Gasteiger partial charge >= 0.3 is 5.97 Å². The molecule has 0 saturated carbocycles. The number of allylic oxidation sites excluding steroid dienone is 3. The SMILES string of the molecule is C/C=C/O.CC/C=C(\C)c1nc(-c2ccccc2O)n(-c2ccc(C(=O)O)cc2)n1. The maximum Gasteiger partial charge on any atom is 0.335 e. The van der Waals surface area contributed by atoms with Crippen LogP contribution in [0.5, 0.6) is 5.75 Å². The first kappa shape index (κ1) is 22.4. The smallest absolute Gasteiger partial charge is 0.335 e. The van der Waals surface area contributed by atoms with Crippen molar-refractivity contribution in [3.05, 3.63) is 78.3 Å². The van der Waals surface area contributed by atoms with Gasteiger partial charge in [-0.1, -0.05) is 31.2 Å². The molecule has 0 amide bonds. The Kier molecular flexibility index (Phi) is 7.93. The van der Waals surface area contributed by atoms with Crippen molar-refractivity contribution in [2.75, 3.05) is 0 Å². The number of hydrogen-bond acceptors (Lipinski definition) is 5. The lowest BCUT2D eigenvalue weighted by Gasteiger charge is -2.07. The van der Waals surface area contributed by atoms with Gasteiger partial charge in [-0.3, -0.25) is 0 Å². The summed E-state index contributed by atoms with van der Waals surface area (Å²) in [6, 6.07) is 13.3. The van der Waals surface area contributed by atoms with Gasteiger partial charge in [-0.05, 0) is 62.2 Å². The number of phenolic OH excluding ortho intramolecular Hbond substituents is 1. The lowest BCUT2D eigenvalue weighted by Crippen LogP contribution is -2.02. The predicted molar refractivity (Wildman–Crippen MR) is 117 cm³/mol. The van der Waals surface area contributed by atoms with Crippen molar-refractivity contribution >= 4 is 11.5 Å². The number of hydrogen-bond donors (Lipinski definition) is 3. The van der Waals surface area contributed by atoms with E-state index in [0.29, 0.717) is 22.9 Å². The monoisotopic (exact) mass is 407 g/mol. The molecule has 0 bridgehead atoms. The molecule has 0 saturated heterocycles. The second kappa shape index (κ2) is 10.6. The number of nitrogens with zero attached hydrogens (tertiary/aromatic N) is 3. The first-order valence-corrected chi connectivity index (χ1v) is 9.44. The molecule has 156 valence electrons. The highest BCUT2D eigenvalue weighted by molar-refractivity contribution is 5.87. The van der Waals surface area contributed by atoms with E-state index in [-0.39, 0.29) is 11.3 Å². The van der Waals surface area contributed by atoms with Gasteiger partial charge in [-0.15, -0.1) is 5.10 Å². The third kappa shape index (κ3) is 5.35. The number of aromatic carboxylic acids is 1. The van der Waals surface area contributed by atoms with Crippen LogP contribution in [0.4, 0.5) is 0 Å². The van der Waals surface area contributed by atoms with Crippen molar-refractivity contribution in [2.24, 2.45) is 0 Å². The van der Waals surface area contributed by atoms with Gasteiger partial charge in [0.25, 0.3) is 0 Å². The second-order valence-electron chi connectivity index (χ2n) is 6.32. The van der Waals surface area contributed by atoms with Crippen LogP contribution in [0, 0.1) is 0 Å². The van der Waals surface area contributed by atoms with Gasteiger partial charge in [0.05, 0.1) is 23.1 Å². The number of rotatable bonds is 5. The first-order valence-electron chi connectivity index (χ1n) is 9.44. The molecule has 3 N–H and O–H groups in total. The van der Waals surface area contributed by atoms with Crippen molar-refractivity contribution in [1.29, 1.82) is 0 Å². The lowest BCUT2D eigenvalue weighted by atomic mass is 10.1. The van der Waals surface area contributed by atoms with E-state index in [4.69, 9.17) is 10.2 Å². The number of benzene rings is 2. The minimum Gasteiger partial charge on any atom is -0.516 e. The van der Waals surface area contributed by atoms with Crippen molar-refractivity contribution in [3.8, 4) is 22.8 Å². The molecule has 0 radical (unpaired) electrons. The molecule has 0 atom stereocenters. The van der Waals surface area contributed by atoms with Gasteiger partial charge in [0.2, 0.25) is 0 Å². The van der Waals surface area contributed by atoms with Crippen LogP contribution in [0.2, 0.25) is 0 Å². The molecule has 7 nitrogen and oxygen atoms in total. The van der Waals surface area contributed by atoms with E-state index in [2.05, 4.69) is 10.1 Å². The largest absolute Gasteiger partial charge is 0.516 e. The maximum absolute atomic E-state index is 11.1. The molecule has 0 aliphatic heterocycles. The molecule has 0 fully saturated rings. The van der Waals surface area contributed by atoms with Crippen LogP contribution in [-0.2, 0) is 0 Å². The average Bonchev–Trinajstić information content (AvgIpc) is 3.20. The number of aliphatic hydroxyl groups is 1. The Bertz CT molecular complexity index is 1050. The zero-order chi connectivity index (χ0) is 22.1. The second-order valence-corrected chi connectivity index (χ2v) is 6.32. The van der Waals surface area contributed by atoms with Crippen LogP contribution >= 0.6 is 0 Å². The van der Waals surface area contributed by atoms with Crippen LogP contribution in [0.25, 0.3) is 22.6 Å². The van der Waals surface area contributed by atoms with Crippen molar-refractivity contribution in [3.63, 3.8) is 0 Å². The van der Waals surface area contributed by atoms with Crippen LogP contribution in [0.15, 0.2) is 66.9 Å². The highest BCUT2D eigenvalue weighted by Gasteiger charge is 2.17. The summed E-state index contributed by atoms with van der Waals surface area (Å²) in [7, 11) is 0. The Balaban J connectivity index is 0.000000735. The number of carboxylic acid groups (broad SMARTS) is 1. The van der Waals surface area contributed by atoms with Crippen LogP contribution in [0.1, 0.15) is 43.4 Å². The topological polar surface area (TPSA) is 108 Å². The van der Waals surface area contributed by atoms with Gasteiger partial charge < -0.3 is 15.3 Å². The summed E-state index contributed by atoms with van der Waals surface area (Å²) in [4.78, 5) is 15.7. The minimum absolute atomic E-state index is 0.104. The molecule has 1 aromatic heterocycles. The lowest BCUT2D eigenvalue weighted by molar-refractivity contribution is 0.0697. The third-order valence-electron chi connectivity index (χ3n) is 4.12. The van der Waals surface area contributed by atoms with E-state index in [1.807, 2.05) is 26.0 Å². The maximum atomic E-state index is 11.1. The number of aromatic hydroxyl groups is 1. The number of para-hydroxylation sites is 1. The number of carbonyl (C=O) groups is 1. The van der Waals surface area contributed by atoms with E-state index in [9.17, 15) is 9.90 Å². The molecule has 3 rings (SSSR count). The van der Waals surface area contributed by atoms with Crippen LogP contribution in [0.3, 0.4) is 0 Å². The summed E-state index contributed by atoms with van der Waals surface area (Å²) in [5, 5.41) is 31.6. The number of aliphatic hydroxyl groups excluding tert-OH is 1. The fourth-order valence-electron chi connectivity index (χ4n) is 2.64. The Hall–Kier alpha value is -3.87. The summed E-state index contributed by atoms with van der Waals surface area (Å²) in [5.74, 6) is 0.169. The van der Waals surface area contributed by atoms with E-state index in [0.717, 1.165) is 18.3 Å². The highest BCUT2D eigenvalue weighted by atomic mass is 16.4. The molecule has 0 aliphatic carbocycles. The van der Waals surface area contributed by atoms with Gasteiger partial charge in [-0.25, -0.2) is 14.5 Å². The summed E-state index contributed by atoms with van der Waals surface area (Å²) in [5.41, 5.74) is 2.35. The summed E-state index contributed by atoms with van der Waals surface area (Å²) >= 11 is 0. The van der Waals surface area contributed by atoms with Crippen molar-refractivity contribution in [2.45, 2.75) is 27.2 Å². The van der Waals surface area contributed by atoms with E-state index in [1.54, 1.807) is 48.0 Å². The number of carboxylic acids is 1. The quantitative estimate of drug-likeness (QED) is 0.500. The number of aromatic nitrogens is 3. The summed E-state index contributed by atoms with van der Waals surface area (Å²) in [6.07, 6.45) is 5.45. The van der Waals surface area contributed by atoms with Gasteiger partial charge in [0.1, 0.15) is 5.75 Å².